The predicted octanol–water partition coefficient (Wildman–Crippen LogP) is 3.12. The van der Waals surface area contributed by atoms with Crippen molar-refractivity contribution in [2.24, 2.45) is 0 Å². The predicted molar refractivity (Wildman–Crippen MR) is 81.9 cm³/mol. The molecule has 2 aromatic heterocycles. The van der Waals surface area contributed by atoms with E-state index in [1.165, 1.54) is 11.1 Å². The van der Waals surface area contributed by atoms with Gasteiger partial charge in [0, 0.05) is 24.4 Å². The Labute approximate surface area is 119 Å². The molecule has 0 saturated carbocycles. The molecule has 20 heavy (non-hydrogen) atoms. The van der Waals surface area contributed by atoms with Crippen LogP contribution in [0.2, 0.25) is 0 Å². The van der Waals surface area contributed by atoms with Gasteiger partial charge in [-0.25, -0.2) is 4.98 Å². The van der Waals surface area contributed by atoms with Gasteiger partial charge in [-0.1, -0.05) is 6.08 Å². The number of ether oxygens (including phenoxy) is 1. The number of rotatable bonds is 2. The summed E-state index contributed by atoms with van der Waals surface area (Å²) in [6.45, 7) is 8.06. The fourth-order valence-corrected chi connectivity index (χ4v) is 2.46. The average Bonchev–Trinajstić information content (AvgIpc) is 2.81. The number of nitrogens with one attached hydrogen (secondary N) is 2. The molecular weight excluding hydrogens is 250 g/mol. The van der Waals surface area contributed by atoms with E-state index < -0.39 is 0 Å². The first-order valence-electron chi connectivity index (χ1n) is 7.10. The molecular formula is C16H21N3O. The molecule has 0 saturated heterocycles. The van der Waals surface area contributed by atoms with Gasteiger partial charge >= 0.3 is 0 Å². The summed E-state index contributed by atoms with van der Waals surface area (Å²) in [4.78, 5) is 7.98. The van der Waals surface area contributed by atoms with E-state index in [2.05, 4.69) is 27.6 Å². The molecule has 4 nitrogen and oxygen atoms in total. The maximum atomic E-state index is 5.86. The summed E-state index contributed by atoms with van der Waals surface area (Å²) in [6.07, 6.45) is 5.33. The van der Waals surface area contributed by atoms with Gasteiger partial charge in [-0.3, -0.25) is 0 Å². The Morgan fingerprint density at radius 1 is 1.25 bits per heavy atom. The molecule has 0 aliphatic carbocycles. The third-order valence-electron chi connectivity index (χ3n) is 3.32. The first-order valence-corrected chi connectivity index (χ1v) is 7.10. The van der Waals surface area contributed by atoms with E-state index in [1.54, 1.807) is 0 Å². The monoisotopic (exact) mass is 271 g/mol. The zero-order valence-corrected chi connectivity index (χ0v) is 12.3. The number of aromatic nitrogens is 2. The maximum absolute atomic E-state index is 5.86. The molecule has 0 fully saturated rings. The van der Waals surface area contributed by atoms with Crippen LogP contribution < -0.4 is 10.1 Å². The molecule has 3 rings (SSSR count). The Hall–Kier alpha value is -1.81. The lowest BCUT2D eigenvalue weighted by molar-refractivity contribution is 0.124. The molecule has 0 bridgehead atoms. The van der Waals surface area contributed by atoms with Gasteiger partial charge in [0.1, 0.15) is 5.60 Å². The Morgan fingerprint density at radius 3 is 2.80 bits per heavy atom. The van der Waals surface area contributed by atoms with Crippen LogP contribution in [-0.4, -0.2) is 28.7 Å². The number of hydrogen-bond acceptors (Lipinski definition) is 3. The van der Waals surface area contributed by atoms with Crippen LogP contribution in [-0.2, 0) is 0 Å². The van der Waals surface area contributed by atoms with Gasteiger partial charge in [-0.2, -0.15) is 0 Å². The van der Waals surface area contributed by atoms with Crippen LogP contribution in [0.4, 0.5) is 0 Å². The van der Waals surface area contributed by atoms with E-state index in [-0.39, 0.29) is 5.60 Å². The molecule has 0 amide bonds. The normalized spacial score (nSPS) is 16.2. The third-order valence-corrected chi connectivity index (χ3v) is 3.32. The summed E-state index contributed by atoms with van der Waals surface area (Å²) in [6, 6.07) is 3.96. The summed E-state index contributed by atoms with van der Waals surface area (Å²) in [5.41, 5.74) is 4.38. The number of nitrogens with zero attached hydrogens (tertiary/aromatic N) is 1. The van der Waals surface area contributed by atoms with Crippen LogP contribution in [0.25, 0.3) is 16.6 Å². The van der Waals surface area contributed by atoms with Crippen molar-refractivity contribution in [3.8, 4) is 5.88 Å². The molecule has 0 atom stereocenters. The highest BCUT2D eigenvalue weighted by Crippen LogP contribution is 2.28. The van der Waals surface area contributed by atoms with Crippen molar-refractivity contribution in [2.45, 2.75) is 32.8 Å². The summed E-state index contributed by atoms with van der Waals surface area (Å²) in [7, 11) is 0. The van der Waals surface area contributed by atoms with Crippen LogP contribution in [0.1, 0.15) is 32.8 Å². The Bertz CT molecular complexity index is 649. The fraction of sp³-hybridized carbons (Fsp3) is 0.438. The average molecular weight is 271 g/mol. The molecule has 0 radical (unpaired) electrons. The lowest BCUT2D eigenvalue weighted by atomic mass is 10.0. The minimum Gasteiger partial charge on any atom is -0.472 e. The van der Waals surface area contributed by atoms with E-state index in [0.717, 1.165) is 30.5 Å². The van der Waals surface area contributed by atoms with E-state index >= 15 is 0 Å². The van der Waals surface area contributed by atoms with Gasteiger partial charge < -0.3 is 15.0 Å². The second kappa shape index (κ2) is 4.94. The SMILES string of the molecule is CC(C)(C)Oc1ccc2[nH]cc(C3=CCNCC3)c2n1. The van der Waals surface area contributed by atoms with Crippen LogP contribution in [0.3, 0.4) is 0 Å². The zero-order chi connectivity index (χ0) is 14.2. The first kappa shape index (κ1) is 13.2. The molecule has 0 aromatic carbocycles. The summed E-state index contributed by atoms with van der Waals surface area (Å²) in [5.74, 6) is 0.681. The van der Waals surface area contributed by atoms with Gasteiger partial charge in [-0.15, -0.1) is 0 Å². The quantitative estimate of drug-likeness (QED) is 0.882. The number of aromatic amines is 1. The second-order valence-corrected chi connectivity index (χ2v) is 6.15. The van der Waals surface area contributed by atoms with Crippen LogP contribution in [0.15, 0.2) is 24.4 Å². The van der Waals surface area contributed by atoms with Crippen LogP contribution in [0, 0.1) is 0 Å². The molecule has 106 valence electrons. The molecule has 0 spiro atoms. The lowest BCUT2D eigenvalue weighted by Gasteiger charge is -2.20. The lowest BCUT2D eigenvalue weighted by Crippen LogP contribution is -2.23. The number of H-pyrrole nitrogens is 1. The van der Waals surface area contributed by atoms with Crippen LogP contribution >= 0.6 is 0 Å². The van der Waals surface area contributed by atoms with Crippen LogP contribution in [0.5, 0.6) is 5.88 Å². The Balaban J connectivity index is 2.01. The van der Waals surface area contributed by atoms with Crippen molar-refractivity contribution in [2.75, 3.05) is 13.1 Å². The van der Waals surface area contributed by atoms with Crippen molar-refractivity contribution < 1.29 is 4.74 Å². The van der Waals surface area contributed by atoms with E-state index in [1.807, 2.05) is 32.9 Å². The highest BCUT2D eigenvalue weighted by atomic mass is 16.5. The minimum atomic E-state index is -0.231. The standard InChI is InChI=1S/C16H21N3O/c1-16(2,3)20-14-5-4-13-15(19-14)12(10-18-13)11-6-8-17-9-7-11/h4-6,10,17-18H,7-9H2,1-3H3. The number of fused-ring (bicyclic) bond motifs is 1. The molecule has 2 aromatic rings. The minimum absolute atomic E-state index is 0.231. The third kappa shape index (κ3) is 2.70. The molecule has 1 aliphatic heterocycles. The number of hydrogen-bond donors (Lipinski definition) is 2. The molecule has 4 heteroatoms. The summed E-state index contributed by atoms with van der Waals surface area (Å²) < 4.78 is 5.86. The molecule has 3 heterocycles. The van der Waals surface area contributed by atoms with Gasteiger partial charge in [0.25, 0.3) is 0 Å². The smallest absolute Gasteiger partial charge is 0.214 e. The maximum Gasteiger partial charge on any atom is 0.214 e. The molecule has 0 unspecified atom stereocenters. The van der Waals surface area contributed by atoms with Crippen molar-refractivity contribution in [1.29, 1.82) is 0 Å². The van der Waals surface area contributed by atoms with E-state index in [9.17, 15) is 0 Å². The molecule has 2 N–H and O–H groups in total. The van der Waals surface area contributed by atoms with Gasteiger partial charge in [0.2, 0.25) is 5.88 Å². The van der Waals surface area contributed by atoms with E-state index in [4.69, 9.17) is 4.74 Å². The molecule has 1 aliphatic rings. The fourth-order valence-electron chi connectivity index (χ4n) is 2.46. The highest BCUT2D eigenvalue weighted by molar-refractivity contribution is 5.90. The van der Waals surface area contributed by atoms with Crippen molar-refractivity contribution >= 4 is 16.6 Å². The number of pyridine rings is 1. The van der Waals surface area contributed by atoms with Gasteiger partial charge in [-0.05, 0) is 45.4 Å². The van der Waals surface area contributed by atoms with Crippen molar-refractivity contribution in [3.63, 3.8) is 0 Å². The zero-order valence-electron chi connectivity index (χ0n) is 12.3. The van der Waals surface area contributed by atoms with Gasteiger partial charge in [0.05, 0.1) is 11.0 Å². The largest absolute Gasteiger partial charge is 0.472 e. The van der Waals surface area contributed by atoms with Crippen molar-refractivity contribution in [1.82, 2.24) is 15.3 Å². The Kier molecular flexibility index (Phi) is 3.26. The first-order chi connectivity index (χ1) is 9.53. The second-order valence-electron chi connectivity index (χ2n) is 6.15. The summed E-state index contributed by atoms with van der Waals surface area (Å²) in [5, 5.41) is 3.34. The topological polar surface area (TPSA) is 49.9 Å². The summed E-state index contributed by atoms with van der Waals surface area (Å²) >= 11 is 0. The Morgan fingerprint density at radius 2 is 2.10 bits per heavy atom. The van der Waals surface area contributed by atoms with Crippen molar-refractivity contribution in [3.05, 3.63) is 30.0 Å². The van der Waals surface area contributed by atoms with Gasteiger partial charge in [0.15, 0.2) is 0 Å². The van der Waals surface area contributed by atoms with E-state index in [0.29, 0.717) is 5.88 Å². The highest BCUT2D eigenvalue weighted by Gasteiger charge is 2.16.